The maximum Gasteiger partial charge on any atom is 0.284 e. The number of phenolic OH excluding ortho intramolecular Hbond substituents is 1. The van der Waals surface area contributed by atoms with Crippen LogP contribution in [0.15, 0.2) is 78.9 Å². The van der Waals surface area contributed by atoms with Crippen molar-refractivity contribution in [2.45, 2.75) is 12.8 Å². The molecule has 3 aromatic carbocycles. The number of aromatic hydroxyl groups is 1. The predicted octanol–water partition coefficient (Wildman–Crippen LogP) is 5.06. The third kappa shape index (κ3) is 5.15. The first-order valence-corrected chi connectivity index (χ1v) is 10.8. The topological polar surface area (TPSA) is 75.8 Å². The molecule has 1 fully saturated rings. The summed E-state index contributed by atoms with van der Waals surface area (Å²) in [5.74, 6) is 0.845. The van der Waals surface area contributed by atoms with E-state index in [1.54, 1.807) is 36.4 Å². The molecule has 0 radical (unpaired) electrons. The van der Waals surface area contributed by atoms with Gasteiger partial charge in [0.1, 0.15) is 18.1 Å². The molecular weight excluding hydrogens is 404 g/mol. The fourth-order valence-corrected chi connectivity index (χ4v) is 4.02. The number of phenols is 1. The minimum atomic E-state index is -0.349. The highest BCUT2D eigenvalue weighted by molar-refractivity contribution is 5.95. The highest BCUT2D eigenvalue weighted by Crippen LogP contribution is 2.34. The van der Waals surface area contributed by atoms with Crippen molar-refractivity contribution in [3.8, 4) is 11.5 Å². The zero-order valence-electron chi connectivity index (χ0n) is 17.8. The van der Waals surface area contributed by atoms with Crippen molar-refractivity contribution in [3.05, 3.63) is 106 Å². The number of nitro groups is 1. The molecule has 1 N–H and O–H groups in total. The number of hydrogen-bond donors (Lipinski definition) is 1. The molecule has 0 bridgehead atoms. The third-order valence-corrected chi connectivity index (χ3v) is 5.64. The van der Waals surface area contributed by atoms with Gasteiger partial charge < -0.3 is 9.84 Å². The standard InChI is InChI=1S/C26H26N2O4/c29-23-12-8-20(9-13-23)25(26(28(30)31)22-6-2-1-3-7-22)21-10-14-24(15-11-21)32-19-18-27-16-4-5-17-27/h1-3,6-15,29H,4-5,16-19H2/b26-25-. The summed E-state index contributed by atoms with van der Waals surface area (Å²) in [7, 11) is 0. The van der Waals surface area contributed by atoms with Gasteiger partial charge in [0.15, 0.2) is 0 Å². The maximum atomic E-state index is 12.2. The smallest absolute Gasteiger partial charge is 0.284 e. The van der Waals surface area contributed by atoms with Crippen molar-refractivity contribution in [2.24, 2.45) is 0 Å². The third-order valence-electron chi connectivity index (χ3n) is 5.64. The normalized spacial score (nSPS) is 14.8. The van der Waals surface area contributed by atoms with Crippen LogP contribution in [-0.2, 0) is 0 Å². The summed E-state index contributed by atoms with van der Waals surface area (Å²) in [6.45, 7) is 3.78. The summed E-state index contributed by atoms with van der Waals surface area (Å²) >= 11 is 0. The predicted molar refractivity (Wildman–Crippen MR) is 125 cm³/mol. The number of rotatable bonds is 8. The average Bonchev–Trinajstić information content (AvgIpc) is 3.33. The summed E-state index contributed by atoms with van der Waals surface area (Å²) < 4.78 is 5.89. The second kappa shape index (κ2) is 10.1. The lowest BCUT2D eigenvalue weighted by Gasteiger charge is -2.15. The number of hydrogen-bond acceptors (Lipinski definition) is 5. The zero-order valence-corrected chi connectivity index (χ0v) is 17.8. The fourth-order valence-electron chi connectivity index (χ4n) is 4.02. The van der Waals surface area contributed by atoms with Crippen LogP contribution in [0, 0.1) is 10.1 Å². The Morgan fingerprint density at radius 1 is 0.875 bits per heavy atom. The largest absolute Gasteiger partial charge is 0.508 e. The van der Waals surface area contributed by atoms with Gasteiger partial charge in [0.25, 0.3) is 5.70 Å². The van der Waals surface area contributed by atoms with E-state index in [2.05, 4.69) is 4.90 Å². The Labute approximate surface area is 187 Å². The Hall–Kier alpha value is -3.64. The van der Waals surface area contributed by atoms with Gasteiger partial charge in [-0.25, -0.2) is 0 Å². The molecule has 1 heterocycles. The van der Waals surface area contributed by atoms with Crippen LogP contribution in [0.5, 0.6) is 11.5 Å². The molecule has 0 saturated carbocycles. The van der Waals surface area contributed by atoms with Gasteiger partial charge in [0.05, 0.1) is 16.1 Å². The molecule has 164 valence electrons. The van der Waals surface area contributed by atoms with Crippen molar-refractivity contribution in [1.29, 1.82) is 0 Å². The van der Waals surface area contributed by atoms with Crippen LogP contribution in [0.1, 0.15) is 29.5 Å². The molecule has 1 aliphatic heterocycles. The van der Waals surface area contributed by atoms with Gasteiger partial charge in [-0.3, -0.25) is 15.0 Å². The minimum absolute atomic E-state index is 0.0130. The van der Waals surface area contributed by atoms with E-state index < -0.39 is 0 Å². The Morgan fingerprint density at radius 3 is 2.06 bits per heavy atom. The molecule has 0 aromatic heterocycles. The first kappa shape index (κ1) is 21.6. The molecule has 6 heteroatoms. The maximum absolute atomic E-state index is 12.2. The first-order valence-electron chi connectivity index (χ1n) is 10.8. The average molecular weight is 431 g/mol. The van der Waals surface area contributed by atoms with Crippen LogP contribution >= 0.6 is 0 Å². The molecule has 1 aliphatic rings. The van der Waals surface area contributed by atoms with Crippen LogP contribution < -0.4 is 4.74 Å². The molecule has 6 nitrogen and oxygen atoms in total. The van der Waals surface area contributed by atoms with Gasteiger partial charge in [-0.1, -0.05) is 42.5 Å². The molecule has 0 spiro atoms. The summed E-state index contributed by atoms with van der Waals surface area (Å²) in [4.78, 5) is 14.2. The molecular formula is C26H26N2O4. The van der Waals surface area contributed by atoms with Gasteiger partial charge in [0.2, 0.25) is 0 Å². The number of benzene rings is 3. The van der Waals surface area contributed by atoms with E-state index in [9.17, 15) is 15.2 Å². The molecule has 32 heavy (non-hydrogen) atoms. The first-order chi connectivity index (χ1) is 15.6. The van der Waals surface area contributed by atoms with E-state index in [-0.39, 0.29) is 16.4 Å². The van der Waals surface area contributed by atoms with Crippen LogP contribution in [0.3, 0.4) is 0 Å². The van der Waals surface area contributed by atoms with Crippen molar-refractivity contribution >= 4 is 11.3 Å². The Morgan fingerprint density at radius 2 is 1.47 bits per heavy atom. The van der Waals surface area contributed by atoms with Crippen LogP contribution in [-0.4, -0.2) is 41.2 Å². The fraction of sp³-hybridized carbons (Fsp3) is 0.231. The lowest BCUT2D eigenvalue weighted by atomic mass is 9.93. The Kier molecular flexibility index (Phi) is 6.82. The van der Waals surface area contributed by atoms with Gasteiger partial charge in [-0.15, -0.1) is 0 Å². The highest BCUT2D eigenvalue weighted by atomic mass is 16.6. The molecule has 3 aromatic rings. The molecule has 4 rings (SSSR count). The lowest BCUT2D eigenvalue weighted by Crippen LogP contribution is -2.25. The van der Waals surface area contributed by atoms with Crippen LogP contribution in [0.25, 0.3) is 11.3 Å². The number of nitrogens with zero attached hydrogens (tertiary/aromatic N) is 2. The Balaban J connectivity index is 1.67. The second-order valence-corrected chi connectivity index (χ2v) is 7.82. The molecule has 0 aliphatic carbocycles. The van der Waals surface area contributed by atoms with Gasteiger partial charge >= 0.3 is 0 Å². The lowest BCUT2D eigenvalue weighted by molar-refractivity contribution is -0.374. The monoisotopic (exact) mass is 430 g/mol. The summed E-state index contributed by atoms with van der Waals surface area (Å²) in [5.41, 5.74) is 2.38. The Bertz CT molecular complexity index is 1070. The SMILES string of the molecule is O=[N+]([O-])/C(=C(/c1ccc(O)cc1)c1ccc(OCCN2CCCC2)cc1)c1ccccc1. The summed E-state index contributed by atoms with van der Waals surface area (Å²) in [5, 5.41) is 21.9. The van der Waals surface area contributed by atoms with E-state index >= 15 is 0 Å². The van der Waals surface area contributed by atoms with E-state index in [1.807, 2.05) is 30.3 Å². The van der Waals surface area contributed by atoms with Gasteiger partial charge in [0, 0.05) is 6.54 Å². The summed E-state index contributed by atoms with van der Waals surface area (Å²) in [6, 6.07) is 22.7. The second-order valence-electron chi connectivity index (χ2n) is 7.82. The van der Waals surface area contributed by atoms with Gasteiger partial charge in [-0.2, -0.15) is 0 Å². The van der Waals surface area contributed by atoms with Crippen molar-refractivity contribution in [1.82, 2.24) is 4.90 Å². The van der Waals surface area contributed by atoms with Crippen molar-refractivity contribution < 1.29 is 14.8 Å². The quantitative estimate of drug-likeness (QED) is 0.307. The molecule has 0 amide bonds. The van der Waals surface area contributed by atoms with Crippen LogP contribution in [0.4, 0.5) is 0 Å². The molecule has 1 saturated heterocycles. The highest BCUT2D eigenvalue weighted by Gasteiger charge is 2.24. The summed E-state index contributed by atoms with van der Waals surface area (Å²) in [6.07, 6.45) is 2.50. The molecule has 0 unspecified atom stereocenters. The van der Waals surface area contributed by atoms with Gasteiger partial charge in [-0.05, 0) is 73.5 Å². The van der Waals surface area contributed by atoms with E-state index in [1.165, 1.54) is 25.0 Å². The van der Waals surface area contributed by atoms with Crippen LogP contribution in [0.2, 0.25) is 0 Å². The van der Waals surface area contributed by atoms with E-state index in [0.29, 0.717) is 28.9 Å². The van der Waals surface area contributed by atoms with E-state index in [0.717, 1.165) is 25.4 Å². The number of ether oxygens (including phenoxy) is 1. The minimum Gasteiger partial charge on any atom is -0.508 e. The zero-order chi connectivity index (χ0) is 22.3. The number of likely N-dealkylation sites (tertiary alicyclic amines) is 1. The molecule has 0 atom stereocenters. The van der Waals surface area contributed by atoms with E-state index in [4.69, 9.17) is 4.74 Å². The van der Waals surface area contributed by atoms with Crippen molar-refractivity contribution in [2.75, 3.05) is 26.2 Å². The van der Waals surface area contributed by atoms with Crippen molar-refractivity contribution in [3.63, 3.8) is 0 Å².